The molecule has 0 saturated carbocycles. The zero-order valence-electron chi connectivity index (χ0n) is 14.3. The topological polar surface area (TPSA) is 50.4 Å². The molecular weight excluding hydrogens is 300 g/mol. The van der Waals surface area contributed by atoms with Gasteiger partial charge >= 0.3 is 0 Å². The van der Waals surface area contributed by atoms with E-state index in [1.807, 2.05) is 30.3 Å². The maximum absolute atomic E-state index is 11.8. The van der Waals surface area contributed by atoms with Crippen molar-refractivity contribution in [2.75, 3.05) is 25.0 Å². The number of carbonyl (C=O) groups excluding carboxylic acids is 1. The van der Waals surface area contributed by atoms with Crippen molar-refractivity contribution in [3.05, 3.63) is 60.2 Å². The predicted molar refractivity (Wildman–Crippen MR) is 98.5 cm³/mol. The van der Waals surface area contributed by atoms with Gasteiger partial charge < -0.3 is 15.4 Å². The molecule has 0 bridgehead atoms. The number of ether oxygens (including phenoxy) is 1. The van der Waals surface area contributed by atoms with E-state index in [4.69, 9.17) is 4.74 Å². The highest BCUT2D eigenvalue weighted by Gasteiger charge is 2.03. The van der Waals surface area contributed by atoms with Crippen molar-refractivity contribution in [1.82, 2.24) is 5.32 Å². The number of hydrogen-bond donors (Lipinski definition) is 2. The summed E-state index contributed by atoms with van der Waals surface area (Å²) in [5, 5.41) is 5.96. The van der Waals surface area contributed by atoms with Crippen molar-refractivity contribution < 1.29 is 9.53 Å². The number of aryl methyl sites for hydroxylation is 1. The van der Waals surface area contributed by atoms with Gasteiger partial charge in [0.1, 0.15) is 5.75 Å². The molecule has 2 N–H and O–H groups in total. The molecule has 4 heteroatoms. The van der Waals surface area contributed by atoms with Gasteiger partial charge in [-0.15, -0.1) is 0 Å². The average Bonchev–Trinajstić information content (AvgIpc) is 2.60. The number of carbonyl (C=O) groups is 1. The minimum absolute atomic E-state index is 0.0373. The van der Waals surface area contributed by atoms with E-state index in [0.29, 0.717) is 13.2 Å². The quantitative estimate of drug-likeness (QED) is 0.656. The van der Waals surface area contributed by atoms with E-state index in [2.05, 4.69) is 41.8 Å². The van der Waals surface area contributed by atoms with Crippen molar-refractivity contribution in [1.29, 1.82) is 0 Å². The summed E-state index contributed by atoms with van der Waals surface area (Å²) in [5.41, 5.74) is 2.08. The van der Waals surface area contributed by atoms with Crippen molar-refractivity contribution >= 4 is 11.6 Å². The van der Waals surface area contributed by atoms with Gasteiger partial charge in [-0.3, -0.25) is 4.79 Å². The number of hydrogen-bond acceptors (Lipinski definition) is 3. The van der Waals surface area contributed by atoms with Crippen LogP contribution in [0.1, 0.15) is 25.3 Å². The zero-order valence-corrected chi connectivity index (χ0v) is 14.3. The Hall–Kier alpha value is -2.33. The van der Waals surface area contributed by atoms with Gasteiger partial charge in [0, 0.05) is 11.8 Å². The molecule has 0 aliphatic rings. The number of benzene rings is 2. The molecule has 0 aliphatic carbocycles. The molecule has 0 fully saturated rings. The van der Waals surface area contributed by atoms with E-state index >= 15 is 0 Å². The fraction of sp³-hybridized carbons (Fsp3) is 0.350. The Morgan fingerprint density at radius 1 is 1.08 bits per heavy atom. The van der Waals surface area contributed by atoms with Crippen LogP contribution in [-0.4, -0.2) is 25.6 Å². The molecule has 0 spiro atoms. The summed E-state index contributed by atoms with van der Waals surface area (Å²) in [6, 6.07) is 17.9. The lowest BCUT2D eigenvalue weighted by molar-refractivity contribution is -0.115. The number of rotatable bonds is 10. The second-order valence-corrected chi connectivity index (χ2v) is 5.69. The molecule has 1 amide bonds. The average molecular weight is 326 g/mol. The van der Waals surface area contributed by atoms with Crippen LogP contribution in [0.25, 0.3) is 0 Å². The molecule has 4 nitrogen and oxygen atoms in total. The minimum Gasteiger partial charge on any atom is -0.494 e. The van der Waals surface area contributed by atoms with Crippen LogP contribution in [-0.2, 0) is 11.2 Å². The Bertz CT molecular complexity index is 614. The standard InChI is InChI=1S/C20H26N2O2/c1-2-13-21-16-20(23)22-18-11-6-12-19(15-18)24-14-7-10-17-8-4-3-5-9-17/h3-6,8-9,11-12,15,21H,2,7,10,13-14,16H2,1H3,(H,22,23). The van der Waals surface area contributed by atoms with E-state index in [1.165, 1.54) is 5.56 Å². The van der Waals surface area contributed by atoms with Crippen LogP contribution in [0.3, 0.4) is 0 Å². The fourth-order valence-corrected chi connectivity index (χ4v) is 2.36. The Labute approximate surface area is 144 Å². The maximum atomic E-state index is 11.8. The molecule has 0 saturated heterocycles. The maximum Gasteiger partial charge on any atom is 0.238 e. The van der Waals surface area contributed by atoms with Crippen LogP contribution in [0, 0.1) is 0 Å². The predicted octanol–water partition coefficient (Wildman–Crippen LogP) is 3.64. The van der Waals surface area contributed by atoms with Crippen LogP contribution in [0.2, 0.25) is 0 Å². The summed E-state index contributed by atoms with van der Waals surface area (Å²) in [4.78, 5) is 11.8. The highest BCUT2D eigenvalue weighted by atomic mass is 16.5. The number of nitrogens with one attached hydrogen (secondary N) is 2. The van der Waals surface area contributed by atoms with Gasteiger partial charge in [-0.25, -0.2) is 0 Å². The third-order valence-electron chi connectivity index (χ3n) is 3.55. The molecule has 0 radical (unpaired) electrons. The summed E-state index contributed by atoms with van der Waals surface area (Å²) in [7, 11) is 0. The number of anilines is 1. The zero-order chi connectivity index (χ0) is 17.0. The van der Waals surface area contributed by atoms with E-state index in [0.717, 1.165) is 37.2 Å². The van der Waals surface area contributed by atoms with Crippen molar-refractivity contribution in [2.24, 2.45) is 0 Å². The second-order valence-electron chi connectivity index (χ2n) is 5.69. The lowest BCUT2D eigenvalue weighted by atomic mass is 10.1. The summed E-state index contributed by atoms with van der Waals surface area (Å²) in [6.07, 6.45) is 2.97. The minimum atomic E-state index is -0.0373. The molecule has 0 aliphatic heterocycles. The number of amides is 1. The van der Waals surface area contributed by atoms with Gasteiger partial charge in [0.05, 0.1) is 13.2 Å². The van der Waals surface area contributed by atoms with E-state index in [9.17, 15) is 4.79 Å². The van der Waals surface area contributed by atoms with E-state index < -0.39 is 0 Å². The van der Waals surface area contributed by atoms with Crippen LogP contribution >= 0.6 is 0 Å². The normalized spacial score (nSPS) is 10.4. The first-order valence-electron chi connectivity index (χ1n) is 8.55. The lowest BCUT2D eigenvalue weighted by Gasteiger charge is -2.10. The molecular formula is C20H26N2O2. The van der Waals surface area contributed by atoms with E-state index in [1.54, 1.807) is 0 Å². The van der Waals surface area contributed by atoms with Crippen LogP contribution in [0.4, 0.5) is 5.69 Å². The summed E-state index contributed by atoms with van der Waals surface area (Å²) >= 11 is 0. The van der Waals surface area contributed by atoms with Crippen molar-refractivity contribution in [2.45, 2.75) is 26.2 Å². The van der Waals surface area contributed by atoms with Gasteiger partial charge in [0.15, 0.2) is 0 Å². The molecule has 0 heterocycles. The third kappa shape index (κ3) is 6.84. The van der Waals surface area contributed by atoms with Gasteiger partial charge in [0.2, 0.25) is 5.91 Å². The van der Waals surface area contributed by atoms with Gasteiger partial charge in [0.25, 0.3) is 0 Å². The van der Waals surface area contributed by atoms with Crippen molar-refractivity contribution in [3.8, 4) is 5.75 Å². The molecule has 2 aromatic rings. The smallest absolute Gasteiger partial charge is 0.238 e. The monoisotopic (exact) mass is 326 g/mol. The Balaban J connectivity index is 1.72. The lowest BCUT2D eigenvalue weighted by Crippen LogP contribution is -2.28. The largest absolute Gasteiger partial charge is 0.494 e. The SMILES string of the molecule is CCCNCC(=O)Nc1cccc(OCCCc2ccccc2)c1. The summed E-state index contributed by atoms with van der Waals surface area (Å²) < 4.78 is 5.78. The Kier molecular flexibility index (Phi) is 7.84. The van der Waals surface area contributed by atoms with Gasteiger partial charge in [-0.1, -0.05) is 43.3 Å². The first kappa shape index (κ1) is 18.0. The molecule has 128 valence electrons. The first-order chi connectivity index (χ1) is 11.8. The first-order valence-corrected chi connectivity index (χ1v) is 8.55. The van der Waals surface area contributed by atoms with E-state index in [-0.39, 0.29) is 5.91 Å². The highest BCUT2D eigenvalue weighted by molar-refractivity contribution is 5.92. The fourth-order valence-electron chi connectivity index (χ4n) is 2.36. The van der Waals surface area contributed by atoms with Gasteiger partial charge in [-0.2, -0.15) is 0 Å². The molecule has 2 rings (SSSR count). The third-order valence-corrected chi connectivity index (χ3v) is 3.55. The van der Waals surface area contributed by atoms with Crippen LogP contribution < -0.4 is 15.4 Å². The Morgan fingerprint density at radius 3 is 2.71 bits per heavy atom. The molecule has 2 aromatic carbocycles. The van der Waals surface area contributed by atoms with Crippen LogP contribution in [0.15, 0.2) is 54.6 Å². The molecule has 24 heavy (non-hydrogen) atoms. The summed E-state index contributed by atoms with van der Waals surface area (Å²) in [6.45, 7) is 3.90. The van der Waals surface area contributed by atoms with Gasteiger partial charge in [-0.05, 0) is 43.5 Å². The summed E-state index contributed by atoms with van der Waals surface area (Å²) in [5.74, 6) is 0.743. The molecule has 0 aromatic heterocycles. The van der Waals surface area contributed by atoms with Crippen molar-refractivity contribution in [3.63, 3.8) is 0 Å². The second kappa shape index (κ2) is 10.4. The van der Waals surface area contributed by atoms with Crippen LogP contribution in [0.5, 0.6) is 5.75 Å². The highest BCUT2D eigenvalue weighted by Crippen LogP contribution is 2.17. The Morgan fingerprint density at radius 2 is 1.92 bits per heavy atom. The molecule has 0 unspecified atom stereocenters. The molecule has 0 atom stereocenters.